The van der Waals surface area contributed by atoms with Crippen LogP contribution >= 0.6 is 11.8 Å². The molecule has 0 radical (unpaired) electrons. The molecule has 0 saturated heterocycles. The number of hydrogen-bond acceptors (Lipinski definition) is 2. The molecule has 0 aliphatic heterocycles. The van der Waals surface area contributed by atoms with Gasteiger partial charge in [-0.2, -0.15) is 0 Å². The first-order chi connectivity index (χ1) is 8.07. The molecule has 0 fully saturated rings. The summed E-state index contributed by atoms with van der Waals surface area (Å²) in [5, 5.41) is 10.1. The monoisotopic (exact) mass is 248 g/mol. The molecule has 1 aromatic carbocycles. The van der Waals surface area contributed by atoms with E-state index in [4.69, 9.17) is 0 Å². The fraction of sp³-hybridized carbons (Fsp3) is 0.467. The third-order valence-electron chi connectivity index (χ3n) is 3.24. The molecule has 1 N–H and O–H groups in total. The zero-order valence-corrected chi connectivity index (χ0v) is 11.3. The standard InChI is InChI=1S/C15H20OS/c1-15(2)9-8-12(14(16)10-15)11-17-13-6-4-3-5-7-13/h3-8,14,16H,9-11H2,1-2H3. The van der Waals surface area contributed by atoms with Crippen molar-refractivity contribution in [2.45, 2.75) is 37.7 Å². The molecule has 0 spiro atoms. The van der Waals surface area contributed by atoms with Crippen LogP contribution in [-0.2, 0) is 0 Å². The van der Waals surface area contributed by atoms with Gasteiger partial charge < -0.3 is 5.11 Å². The number of thioether (sulfide) groups is 1. The maximum Gasteiger partial charge on any atom is 0.0763 e. The van der Waals surface area contributed by atoms with Crippen molar-refractivity contribution in [1.29, 1.82) is 0 Å². The first-order valence-electron chi connectivity index (χ1n) is 6.12. The quantitative estimate of drug-likeness (QED) is 0.647. The van der Waals surface area contributed by atoms with Crippen molar-refractivity contribution in [1.82, 2.24) is 0 Å². The fourth-order valence-corrected chi connectivity index (χ4v) is 3.11. The second-order valence-corrected chi connectivity index (χ2v) is 6.52. The Balaban J connectivity index is 1.94. The largest absolute Gasteiger partial charge is 0.389 e. The summed E-state index contributed by atoms with van der Waals surface area (Å²) in [4.78, 5) is 1.27. The minimum Gasteiger partial charge on any atom is -0.389 e. The number of aliphatic hydroxyl groups is 1. The van der Waals surface area contributed by atoms with Crippen LogP contribution in [-0.4, -0.2) is 17.0 Å². The molecular weight excluding hydrogens is 228 g/mol. The summed E-state index contributed by atoms with van der Waals surface area (Å²) < 4.78 is 0. The van der Waals surface area contributed by atoms with Crippen LogP contribution < -0.4 is 0 Å². The third kappa shape index (κ3) is 3.62. The Kier molecular flexibility index (Phi) is 3.95. The average molecular weight is 248 g/mol. The predicted molar refractivity (Wildman–Crippen MR) is 74.3 cm³/mol. The lowest BCUT2D eigenvalue weighted by atomic mass is 9.77. The van der Waals surface area contributed by atoms with Gasteiger partial charge in [0, 0.05) is 10.6 Å². The summed E-state index contributed by atoms with van der Waals surface area (Å²) in [6.07, 6.45) is 3.93. The molecule has 1 aliphatic rings. The second-order valence-electron chi connectivity index (χ2n) is 5.47. The van der Waals surface area contributed by atoms with Gasteiger partial charge in [-0.3, -0.25) is 0 Å². The van der Waals surface area contributed by atoms with Gasteiger partial charge in [-0.25, -0.2) is 0 Å². The van der Waals surface area contributed by atoms with E-state index < -0.39 is 0 Å². The lowest BCUT2D eigenvalue weighted by Gasteiger charge is -2.32. The molecule has 2 heteroatoms. The van der Waals surface area contributed by atoms with Crippen LogP contribution in [0.2, 0.25) is 0 Å². The highest BCUT2D eigenvalue weighted by molar-refractivity contribution is 7.99. The zero-order chi connectivity index (χ0) is 12.3. The van der Waals surface area contributed by atoms with Gasteiger partial charge in [-0.15, -0.1) is 11.8 Å². The Morgan fingerprint density at radius 1 is 1.29 bits per heavy atom. The van der Waals surface area contributed by atoms with Crippen LogP contribution in [0.15, 0.2) is 46.9 Å². The van der Waals surface area contributed by atoms with E-state index in [1.807, 2.05) is 6.07 Å². The first kappa shape index (κ1) is 12.7. The van der Waals surface area contributed by atoms with Crippen LogP contribution in [0.3, 0.4) is 0 Å². The lowest BCUT2D eigenvalue weighted by molar-refractivity contribution is 0.132. The smallest absolute Gasteiger partial charge is 0.0763 e. The van der Waals surface area contributed by atoms with Gasteiger partial charge in [-0.05, 0) is 36.0 Å². The number of allylic oxidation sites excluding steroid dienone is 1. The molecule has 0 bridgehead atoms. The molecule has 1 aromatic rings. The Hall–Kier alpha value is -0.730. The summed E-state index contributed by atoms with van der Waals surface area (Å²) in [5.41, 5.74) is 1.44. The summed E-state index contributed by atoms with van der Waals surface area (Å²) in [5.74, 6) is 0.904. The molecule has 2 rings (SSSR count). The molecule has 0 aromatic heterocycles. The molecule has 0 heterocycles. The Morgan fingerprint density at radius 2 is 2.00 bits per heavy atom. The SMILES string of the molecule is CC1(C)CC=C(CSc2ccccc2)C(O)C1. The third-order valence-corrected chi connectivity index (χ3v) is 4.32. The van der Waals surface area contributed by atoms with Crippen molar-refractivity contribution >= 4 is 11.8 Å². The van der Waals surface area contributed by atoms with E-state index in [2.05, 4.69) is 44.2 Å². The number of benzene rings is 1. The van der Waals surface area contributed by atoms with E-state index in [0.717, 1.165) is 18.6 Å². The number of rotatable bonds is 3. The number of hydrogen-bond donors (Lipinski definition) is 1. The number of aliphatic hydroxyl groups excluding tert-OH is 1. The van der Waals surface area contributed by atoms with E-state index >= 15 is 0 Å². The van der Waals surface area contributed by atoms with Gasteiger partial charge in [-0.1, -0.05) is 38.1 Å². The molecule has 1 aliphatic carbocycles. The van der Waals surface area contributed by atoms with E-state index in [1.54, 1.807) is 11.8 Å². The Morgan fingerprint density at radius 3 is 2.65 bits per heavy atom. The molecule has 17 heavy (non-hydrogen) atoms. The van der Waals surface area contributed by atoms with Crippen LogP contribution in [0.4, 0.5) is 0 Å². The normalized spacial score (nSPS) is 23.2. The highest BCUT2D eigenvalue weighted by Gasteiger charge is 2.27. The molecule has 92 valence electrons. The van der Waals surface area contributed by atoms with Crippen molar-refractivity contribution < 1.29 is 5.11 Å². The van der Waals surface area contributed by atoms with Gasteiger partial charge in [0.1, 0.15) is 0 Å². The zero-order valence-electron chi connectivity index (χ0n) is 10.5. The lowest BCUT2D eigenvalue weighted by Crippen LogP contribution is -2.27. The van der Waals surface area contributed by atoms with Crippen molar-refractivity contribution in [2.75, 3.05) is 5.75 Å². The van der Waals surface area contributed by atoms with Crippen LogP contribution in [0.5, 0.6) is 0 Å². The van der Waals surface area contributed by atoms with Crippen molar-refractivity contribution in [3.8, 4) is 0 Å². The van der Waals surface area contributed by atoms with Crippen LogP contribution in [0.25, 0.3) is 0 Å². The average Bonchev–Trinajstić information content (AvgIpc) is 2.28. The molecular formula is C15H20OS. The van der Waals surface area contributed by atoms with Gasteiger partial charge in [0.05, 0.1) is 6.10 Å². The summed E-state index contributed by atoms with van der Waals surface area (Å²) in [7, 11) is 0. The van der Waals surface area contributed by atoms with E-state index in [-0.39, 0.29) is 11.5 Å². The fourth-order valence-electron chi connectivity index (χ4n) is 2.12. The maximum atomic E-state index is 10.1. The maximum absolute atomic E-state index is 10.1. The van der Waals surface area contributed by atoms with Crippen LogP contribution in [0, 0.1) is 5.41 Å². The summed E-state index contributed by atoms with van der Waals surface area (Å²) in [6.45, 7) is 4.43. The van der Waals surface area contributed by atoms with E-state index in [9.17, 15) is 5.11 Å². The highest BCUT2D eigenvalue weighted by Crippen LogP contribution is 2.36. The minimum atomic E-state index is -0.255. The van der Waals surface area contributed by atoms with Gasteiger partial charge >= 0.3 is 0 Å². The Labute approximate surface area is 108 Å². The van der Waals surface area contributed by atoms with Crippen molar-refractivity contribution in [3.05, 3.63) is 42.0 Å². The molecule has 0 saturated carbocycles. The van der Waals surface area contributed by atoms with Crippen molar-refractivity contribution in [3.63, 3.8) is 0 Å². The first-order valence-corrected chi connectivity index (χ1v) is 7.10. The molecule has 1 atom stereocenters. The summed E-state index contributed by atoms with van der Waals surface area (Å²) in [6, 6.07) is 10.4. The highest BCUT2D eigenvalue weighted by atomic mass is 32.2. The van der Waals surface area contributed by atoms with Gasteiger partial charge in [0.15, 0.2) is 0 Å². The molecule has 0 amide bonds. The Bertz CT molecular complexity index is 395. The van der Waals surface area contributed by atoms with Gasteiger partial charge in [0.25, 0.3) is 0 Å². The second kappa shape index (κ2) is 5.28. The van der Waals surface area contributed by atoms with E-state index in [0.29, 0.717) is 0 Å². The minimum absolute atomic E-state index is 0.250. The summed E-state index contributed by atoms with van der Waals surface area (Å²) >= 11 is 1.80. The topological polar surface area (TPSA) is 20.2 Å². The van der Waals surface area contributed by atoms with E-state index in [1.165, 1.54) is 10.5 Å². The van der Waals surface area contributed by atoms with Gasteiger partial charge in [0.2, 0.25) is 0 Å². The molecule has 1 nitrogen and oxygen atoms in total. The molecule has 1 unspecified atom stereocenters. The van der Waals surface area contributed by atoms with Crippen molar-refractivity contribution in [2.24, 2.45) is 5.41 Å². The predicted octanol–water partition coefficient (Wildman–Crippen LogP) is 3.89. The van der Waals surface area contributed by atoms with Crippen LogP contribution in [0.1, 0.15) is 26.7 Å².